The summed E-state index contributed by atoms with van der Waals surface area (Å²) in [5.41, 5.74) is 5.10. The smallest absolute Gasteiger partial charge is 0.273 e. The summed E-state index contributed by atoms with van der Waals surface area (Å²) in [5, 5.41) is 0. The van der Waals surface area contributed by atoms with E-state index in [-0.39, 0.29) is 11.8 Å². The van der Waals surface area contributed by atoms with E-state index in [1.54, 1.807) is 30.2 Å². The fourth-order valence-electron chi connectivity index (χ4n) is 2.03. The number of aromatic nitrogens is 1. The summed E-state index contributed by atoms with van der Waals surface area (Å²) >= 11 is 3.30. The second-order valence-electron chi connectivity index (χ2n) is 4.74. The largest absolute Gasteiger partial charge is 0.369 e. The van der Waals surface area contributed by atoms with Crippen molar-refractivity contribution in [3.63, 3.8) is 0 Å². The molecule has 0 radical (unpaired) electrons. The molecule has 1 aliphatic rings. The maximum absolute atomic E-state index is 12.3. The molecule has 2 heterocycles. The Hall–Kier alpha value is -1.43. The predicted molar refractivity (Wildman–Crippen MR) is 69.8 cm³/mol. The van der Waals surface area contributed by atoms with Crippen molar-refractivity contribution in [1.82, 2.24) is 9.88 Å². The Morgan fingerprint density at radius 2 is 2.28 bits per heavy atom. The topological polar surface area (TPSA) is 76.3 Å². The van der Waals surface area contributed by atoms with Crippen LogP contribution in [0.5, 0.6) is 0 Å². The van der Waals surface area contributed by atoms with E-state index in [0.29, 0.717) is 29.7 Å². The van der Waals surface area contributed by atoms with Crippen molar-refractivity contribution < 1.29 is 9.59 Å². The molecule has 1 fully saturated rings. The molecule has 5 nitrogen and oxygen atoms in total. The van der Waals surface area contributed by atoms with Crippen LogP contribution in [0.25, 0.3) is 0 Å². The highest BCUT2D eigenvalue weighted by Crippen LogP contribution is 2.30. The lowest BCUT2D eigenvalue weighted by Gasteiger charge is -2.21. The Labute approximate surface area is 113 Å². The Balaban J connectivity index is 2.18. The minimum atomic E-state index is -0.628. The lowest BCUT2D eigenvalue weighted by Crippen LogP contribution is -2.38. The summed E-state index contributed by atoms with van der Waals surface area (Å²) in [6.07, 6.45) is 2.17. The normalized spacial score (nSPS) is 23.1. The van der Waals surface area contributed by atoms with Gasteiger partial charge in [0.2, 0.25) is 5.91 Å². The molecule has 1 atom stereocenters. The summed E-state index contributed by atoms with van der Waals surface area (Å²) in [4.78, 5) is 29.3. The number of likely N-dealkylation sites (tertiary alicyclic amines) is 1. The third kappa shape index (κ3) is 2.25. The summed E-state index contributed by atoms with van der Waals surface area (Å²) in [5.74, 6) is -0.537. The van der Waals surface area contributed by atoms with Crippen LogP contribution in [0.4, 0.5) is 0 Å². The Kier molecular flexibility index (Phi) is 3.38. The standard InChI is InChI=1S/C12H14BrN3O2/c1-12(11(14)18)4-6-16(7-12)10(17)9-8(13)3-2-5-15-9/h2-3,5H,4,6-7H2,1H3,(H2,14,18). The average molecular weight is 312 g/mol. The van der Waals surface area contributed by atoms with Gasteiger partial charge in [0.25, 0.3) is 5.91 Å². The maximum Gasteiger partial charge on any atom is 0.273 e. The van der Waals surface area contributed by atoms with Crippen LogP contribution in [0.2, 0.25) is 0 Å². The summed E-state index contributed by atoms with van der Waals surface area (Å²) in [7, 11) is 0. The van der Waals surface area contributed by atoms with Gasteiger partial charge < -0.3 is 10.6 Å². The van der Waals surface area contributed by atoms with Crippen LogP contribution in [0.1, 0.15) is 23.8 Å². The van der Waals surface area contributed by atoms with E-state index in [2.05, 4.69) is 20.9 Å². The van der Waals surface area contributed by atoms with Gasteiger partial charge in [0.15, 0.2) is 0 Å². The lowest BCUT2D eigenvalue weighted by atomic mass is 9.89. The number of pyridine rings is 1. The minimum absolute atomic E-state index is 0.174. The van der Waals surface area contributed by atoms with Gasteiger partial charge in [-0.3, -0.25) is 9.59 Å². The van der Waals surface area contributed by atoms with Gasteiger partial charge in [-0.15, -0.1) is 0 Å². The fourth-order valence-corrected chi connectivity index (χ4v) is 2.45. The number of hydrogen-bond acceptors (Lipinski definition) is 3. The van der Waals surface area contributed by atoms with E-state index < -0.39 is 5.41 Å². The molecule has 0 bridgehead atoms. The average Bonchev–Trinajstić information content (AvgIpc) is 2.73. The van der Waals surface area contributed by atoms with E-state index in [1.807, 2.05) is 0 Å². The number of amides is 2. The summed E-state index contributed by atoms with van der Waals surface area (Å²) in [6.45, 7) is 2.67. The number of halogens is 1. The van der Waals surface area contributed by atoms with Gasteiger partial charge in [-0.05, 0) is 41.4 Å². The SMILES string of the molecule is CC1(C(N)=O)CCN(C(=O)c2ncccc2Br)C1. The first kappa shape index (κ1) is 13.0. The number of rotatable bonds is 2. The Bertz CT molecular complexity index is 506. The van der Waals surface area contributed by atoms with Crippen molar-refractivity contribution in [2.45, 2.75) is 13.3 Å². The number of nitrogens with zero attached hydrogens (tertiary/aromatic N) is 2. The van der Waals surface area contributed by atoms with E-state index in [1.165, 1.54) is 0 Å². The minimum Gasteiger partial charge on any atom is -0.369 e. The quantitative estimate of drug-likeness (QED) is 0.891. The van der Waals surface area contributed by atoms with E-state index in [0.717, 1.165) is 0 Å². The van der Waals surface area contributed by atoms with Crippen LogP contribution in [0.15, 0.2) is 22.8 Å². The molecule has 1 aliphatic heterocycles. The molecule has 18 heavy (non-hydrogen) atoms. The molecule has 2 rings (SSSR count). The van der Waals surface area contributed by atoms with Crippen LogP contribution in [-0.4, -0.2) is 34.8 Å². The highest BCUT2D eigenvalue weighted by Gasteiger charge is 2.41. The van der Waals surface area contributed by atoms with Crippen molar-refractivity contribution in [2.24, 2.45) is 11.1 Å². The molecule has 1 aromatic heterocycles. The zero-order chi connectivity index (χ0) is 13.3. The monoisotopic (exact) mass is 311 g/mol. The maximum atomic E-state index is 12.3. The lowest BCUT2D eigenvalue weighted by molar-refractivity contribution is -0.126. The van der Waals surface area contributed by atoms with Crippen molar-refractivity contribution >= 4 is 27.7 Å². The molecule has 2 amide bonds. The zero-order valence-electron chi connectivity index (χ0n) is 10.0. The van der Waals surface area contributed by atoms with Gasteiger partial charge in [0.1, 0.15) is 5.69 Å². The van der Waals surface area contributed by atoms with Crippen LogP contribution in [0.3, 0.4) is 0 Å². The number of hydrogen-bond donors (Lipinski definition) is 1. The number of primary amides is 1. The van der Waals surface area contributed by atoms with Crippen molar-refractivity contribution in [2.75, 3.05) is 13.1 Å². The Morgan fingerprint density at radius 3 is 2.83 bits per heavy atom. The highest BCUT2D eigenvalue weighted by molar-refractivity contribution is 9.10. The summed E-state index contributed by atoms with van der Waals surface area (Å²) < 4.78 is 0.655. The third-order valence-electron chi connectivity index (χ3n) is 3.32. The van der Waals surface area contributed by atoms with E-state index in [4.69, 9.17) is 5.73 Å². The zero-order valence-corrected chi connectivity index (χ0v) is 11.6. The van der Waals surface area contributed by atoms with Crippen LogP contribution < -0.4 is 5.73 Å². The van der Waals surface area contributed by atoms with Crippen molar-refractivity contribution in [3.05, 3.63) is 28.5 Å². The van der Waals surface area contributed by atoms with Gasteiger partial charge in [0, 0.05) is 23.8 Å². The van der Waals surface area contributed by atoms with Gasteiger partial charge >= 0.3 is 0 Å². The molecule has 0 spiro atoms. The predicted octanol–water partition coefficient (Wildman–Crippen LogP) is 1.18. The van der Waals surface area contributed by atoms with Crippen molar-refractivity contribution in [3.8, 4) is 0 Å². The van der Waals surface area contributed by atoms with Gasteiger partial charge in [-0.2, -0.15) is 0 Å². The molecule has 0 aliphatic carbocycles. The molecule has 0 aromatic carbocycles. The van der Waals surface area contributed by atoms with Crippen LogP contribution >= 0.6 is 15.9 Å². The van der Waals surface area contributed by atoms with Crippen LogP contribution in [0, 0.1) is 5.41 Å². The molecular formula is C12H14BrN3O2. The van der Waals surface area contributed by atoms with Gasteiger partial charge in [-0.25, -0.2) is 4.98 Å². The first-order valence-corrected chi connectivity index (χ1v) is 6.43. The summed E-state index contributed by atoms with van der Waals surface area (Å²) in [6, 6.07) is 3.52. The van der Waals surface area contributed by atoms with Crippen molar-refractivity contribution in [1.29, 1.82) is 0 Å². The molecule has 2 N–H and O–H groups in total. The number of carbonyl (C=O) groups is 2. The van der Waals surface area contributed by atoms with Gasteiger partial charge in [-0.1, -0.05) is 0 Å². The molecule has 0 saturated carbocycles. The molecule has 6 heteroatoms. The first-order chi connectivity index (χ1) is 8.44. The molecule has 1 unspecified atom stereocenters. The fraction of sp³-hybridized carbons (Fsp3) is 0.417. The van der Waals surface area contributed by atoms with E-state index in [9.17, 15) is 9.59 Å². The molecular weight excluding hydrogens is 298 g/mol. The van der Waals surface area contributed by atoms with E-state index >= 15 is 0 Å². The molecule has 96 valence electrons. The second kappa shape index (κ2) is 4.68. The third-order valence-corrected chi connectivity index (χ3v) is 3.96. The molecule has 1 aromatic rings. The number of nitrogens with two attached hydrogens (primary N) is 1. The van der Waals surface area contributed by atoms with Crippen LogP contribution in [-0.2, 0) is 4.79 Å². The number of carbonyl (C=O) groups excluding carboxylic acids is 2. The first-order valence-electron chi connectivity index (χ1n) is 5.64. The Morgan fingerprint density at radius 1 is 1.56 bits per heavy atom. The second-order valence-corrected chi connectivity index (χ2v) is 5.59. The molecule has 1 saturated heterocycles. The van der Waals surface area contributed by atoms with Gasteiger partial charge in [0.05, 0.1) is 5.41 Å². The highest BCUT2D eigenvalue weighted by atomic mass is 79.9.